The Morgan fingerprint density at radius 2 is 2.25 bits per heavy atom. The molecule has 3 rings (SSSR count). The zero-order valence-corrected chi connectivity index (χ0v) is 13.7. The molecule has 0 aliphatic rings. The minimum atomic E-state index is -1.18. The quantitative estimate of drug-likeness (QED) is 0.613. The van der Waals surface area contributed by atoms with Gasteiger partial charge in [0, 0.05) is 30.5 Å². The third kappa shape index (κ3) is 3.45. The fourth-order valence-electron chi connectivity index (χ4n) is 2.66. The number of aromatic amines is 1. The number of nitrogens with zero attached hydrogens (tertiary/aromatic N) is 4. The lowest BCUT2D eigenvalue weighted by molar-refractivity contribution is -0.251. The molecule has 0 amide bonds. The maximum Gasteiger partial charge on any atom is 0.268 e. The van der Waals surface area contributed by atoms with Crippen molar-refractivity contribution in [1.29, 1.82) is 0 Å². The fraction of sp³-hybridized carbons (Fsp3) is 0.438. The molecule has 0 aromatic carbocycles. The van der Waals surface area contributed by atoms with Gasteiger partial charge in [0.05, 0.1) is 24.5 Å². The van der Waals surface area contributed by atoms with Crippen molar-refractivity contribution in [2.24, 2.45) is 0 Å². The van der Waals surface area contributed by atoms with Gasteiger partial charge in [0.2, 0.25) is 0 Å². The second-order valence-corrected chi connectivity index (χ2v) is 5.44. The molecule has 3 aromatic rings. The Morgan fingerprint density at radius 3 is 3.04 bits per heavy atom. The predicted molar refractivity (Wildman–Crippen MR) is 88.0 cm³/mol. The van der Waals surface area contributed by atoms with E-state index in [9.17, 15) is 5.11 Å². The number of H-pyrrole nitrogens is 1. The zero-order chi connectivity index (χ0) is 16.9. The van der Waals surface area contributed by atoms with Crippen molar-refractivity contribution in [3.8, 4) is 11.3 Å². The third-order valence-electron chi connectivity index (χ3n) is 3.99. The van der Waals surface area contributed by atoms with Crippen LogP contribution in [0.25, 0.3) is 22.3 Å². The van der Waals surface area contributed by atoms with E-state index >= 15 is 0 Å². The molecular weight excluding hydrogens is 310 g/mol. The van der Waals surface area contributed by atoms with Crippen LogP contribution in [0.2, 0.25) is 0 Å². The van der Waals surface area contributed by atoms with Crippen molar-refractivity contribution in [2.45, 2.75) is 32.3 Å². The molecule has 2 N–H and O–H groups in total. The summed E-state index contributed by atoms with van der Waals surface area (Å²) >= 11 is 0. The van der Waals surface area contributed by atoms with Gasteiger partial charge in [-0.05, 0) is 18.9 Å². The van der Waals surface area contributed by atoms with Crippen LogP contribution in [-0.2, 0) is 9.47 Å². The monoisotopic (exact) mass is 331 g/mol. The maximum atomic E-state index is 9.26. The van der Waals surface area contributed by atoms with E-state index in [-0.39, 0.29) is 6.04 Å². The largest absolute Gasteiger partial charge is 0.346 e. The van der Waals surface area contributed by atoms with Gasteiger partial charge >= 0.3 is 0 Å². The van der Waals surface area contributed by atoms with E-state index in [2.05, 4.69) is 31.7 Å². The molecule has 3 aromatic heterocycles. The Morgan fingerprint density at radius 1 is 1.38 bits per heavy atom. The molecule has 0 fully saturated rings. The highest BCUT2D eigenvalue weighted by atomic mass is 16.8. The van der Waals surface area contributed by atoms with Crippen LogP contribution in [0.1, 0.15) is 25.8 Å². The van der Waals surface area contributed by atoms with Gasteiger partial charge in [0.25, 0.3) is 6.48 Å². The van der Waals surface area contributed by atoms with Gasteiger partial charge in [-0.1, -0.05) is 6.92 Å². The predicted octanol–water partition coefficient (Wildman–Crippen LogP) is 2.10. The Hall–Kier alpha value is -2.29. The molecule has 24 heavy (non-hydrogen) atoms. The molecule has 2 atom stereocenters. The van der Waals surface area contributed by atoms with Crippen LogP contribution in [0.5, 0.6) is 0 Å². The third-order valence-corrected chi connectivity index (χ3v) is 3.99. The smallest absolute Gasteiger partial charge is 0.268 e. The topological polar surface area (TPSA) is 98.1 Å². The summed E-state index contributed by atoms with van der Waals surface area (Å²) < 4.78 is 11.7. The van der Waals surface area contributed by atoms with Gasteiger partial charge in [-0.15, -0.1) is 0 Å². The van der Waals surface area contributed by atoms with Crippen LogP contribution in [-0.4, -0.2) is 50.0 Å². The lowest BCUT2D eigenvalue weighted by atomic mass is 10.1. The number of aromatic nitrogens is 5. The van der Waals surface area contributed by atoms with Crippen molar-refractivity contribution in [2.75, 3.05) is 13.7 Å². The van der Waals surface area contributed by atoms with E-state index < -0.39 is 6.48 Å². The van der Waals surface area contributed by atoms with Crippen molar-refractivity contribution in [1.82, 2.24) is 24.7 Å². The Bertz CT molecular complexity index is 785. The maximum absolute atomic E-state index is 9.26. The average molecular weight is 331 g/mol. The summed E-state index contributed by atoms with van der Waals surface area (Å²) in [5, 5.41) is 14.7. The number of aliphatic hydroxyl groups is 1. The van der Waals surface area contributed by atoms with Crippen LogP contribution in [0.15, 0.2) is 31.0 Å². The number of aliphatic hydroxyl groups excluding tert-OH is 1. The number of hydrogen-bond acceptors (Lipinski definition) is 6. The van der Waals surface area contributed by atoms with E-state index in [1.54, 1.807) is 6.33 Å². The standard InChI is InChI=1S/C16H21N5O3/c1-3-12(5-7-24-16(22)23-2)21-9-11(8-20-21)14-13-4-6-17-15(13)19-10-18-14/h4,6,8-10,12,16,22H,3,5,7H2,1-2H3,(H,17,18,19). The summed E-state index contributed by atoms with van der Waals surface area (Å²) in [5.41, 5.74) is 2.61. The van der Waals surface area contributed by atoms with Crippen LogP contribution >= 0.6 is 0 Å². The highest BCUT2D eigenvalue weighted by Gasteiger charge is 2.14. The van der Waals surface area contributed by atoms with Crippen LogP contribution in [0.3, 0.4) is 0 Å². The van der Waals surface area contributed by atoms with E-state index in [1.165, 1.54) is 7.11 Å². The van der Waals surface area contributed by atoms with Gasteiger partial charge in [-0.3, -0.25) is 4.68 Å². The van der Waals surface area contributed by atoms with E-state index in [0.29, 0.717) is 6.61 Å². The van der Waals surface area contributed by atoms with Crippen LogP contribution < -0.4 is 0 Å². The number of ether oxygens (including phenoxy) is 2. The molecule has 0 radical (unpaired) electrons. The van der Waals surface area contributed by atoms with Gasteiger partial charge in [-0.25, -0.2) is 9.97 Å². The number of hydrogen-bond donors (Lipinski definition) is 2. The summed E-state index contributed by atoms with van der Waals surface area (Å²) in [4.78, 5) is 11.7. The first-order chi connectivity index (χ1) is 11.7. The summed E-state index contributed by atoms with van der Waals surface area (Å²) in [7, 11) is 1.39. The summed E-state index contributed by atoms with van der Waals surface area (Å²) in [6.07, 6.45) is 8.81. The van der Waals surface area contributed by atoms with Crippen molar-refractivity contribution >= 4 is 11.0 Å². The zero-order valence-electron chi connectivity index (χ0n) is 13.7. The van der Waals surface area contributed by atoms with Gasteiger partial charge < -0.3 is 19.6 Å². The summed E-state index contributed by atoms with van der Waals surface area (Å²) in [5.74, 6) is 0. The fourth-order valence-corrected chi connectivity index (χ4v) is 2.66. The summed E-state index contributed by atoms with van der Waals surface area (Å²) in [6.45, 7) is 1.30. The van der Waals surface area contributed by atoms with Crippen molar-refractivity contribution in [3.63, 3.8) is 0 Å². The molecule has 0 spiro atoms. The molecule has 0 aliphatic heterocycles. The molecular formula is C16H21N5O3. The molecule has 8 nitrogen and oxygen atoms in total. The molecule has 0 bridgehead atoms. The Labute approximate surface area is 139 Å². The Kier molecular flexibility index (Phi) is 5.19. The van der Waals surface area contributed by atoms with Crippen LogP contribution in [0, 0.1) is 0 Å². The second-order valence-electron chi connectivity index (χ2n) is 5.44. The van der Waals surface area contributed by atoms with Gasteiger partial charge in [-0.2, -0.15) is 5.10 Å². The first kappa shape index (κ1) is 16.6. The minimum Gasteiger partial charge on any atom is -0.346 e. The van der Waals surface area contributed by atoms with Crippen molar-refractivity contribution in [3.05, 3.63) is 31.0 Å². The summed E-state index contributed by atoms with van der Waals surface area (Å²) in [6, 6.07) is 2.13. The van der Waals surface area contributed by atoms with Crippen LogP contribution in [0.4, 0.5) is 0 Å². The first-order valence-electron chi connectivity index (χ1n) is 7.88. The lowest BCUT2D eigenvalue weighted by Crippen LogP contribution is -2.18. The highest BCUT2D eigenvalue weighted by molar-refractivity contribution is 5.89. The van der Waals surface area contributed by atoms with E-state index in [1.807, 2.05) is 29.3 Å². The molecule has 128 valence electrons. The van der Waals surface area contributed by atoms with Crippen molar-refractivity contribution < 1.29 is 14.6 Å². The number of rotatable bonds is 8. The highest BCUT2D eigenvalue weighted by Crippen LogP contribution is 2.26. The average Bonchev–Trinajstić information content (AvgIpc) is 3.27. The molecule has 0 saturated carbocycles. The Balaban J connectivity index is 1.75. The number of methoxy groups -OCH3 is 1. The molecule has 3 heterocycles. The number of nitrogens with one attached hydrogen (secondary N) is 1. The number of fused-ring (bicyclic) bond motifs is 1. The minimum absolute atomic E-state index is 0.173. The van der Waals surface area contributed by atoms with E-state index in [0.717, 1.165) is 35.1 Å². The normalized spacial score (nSPS) is 14.1. The van der Waals surface area contributed by atoms with E-state index in [4.69, 9.17) is 4.74 Å². The van der Waals surface area contributed by atoms with Gasteiger partial charge in [0.15, 0.2) is 0 Å². The lowest BCUT2D eigenvalue weighted by Gasteiger charge is -2.16. The molecule has 0 aliphatic carbocycles. The molecule has 0 saturated heterocycles. The second kappa shape index (κ2) is 7.52. The SMILES string of the molecule is CCC(CCOC(O)OC)n1cc(-c2ncnc3[nH]ccc23)cn1. The molecule has 2 unspecified atom stereocenters. The first-order valence-corrected chi connectivity index (χ1v) is 7.88. The molecule has 8 heteroatoms. The van der Waals surface area contributed by atoms with Gasteiger partial charge in [0.1, 0.15) is 12.0 Å².